The minimum atomic E-state index is -0.502. The number of aliphatic hydroxyl groups excluding tert-OH is 1. The van der Waals surface area contributed by atoms with Gasteiger partial charge in [0.1, 0.15) is 0 Å². The second-order valence-electron chi connectivity index (χ2n) is 2.67. The number of carbonyl (C=O) groups is 1. The van der Waals surface area contributed by atoms with E-state index in [4.69, 9.17) is 5.11 Å². The fourth-order valence-corrected chi connectivity index (χ4v) is 0.633. The third-order valence-corrected chi connectivity index (χ3v) is 1.49. The van der Waals surface area contributed by atoms with Crippen LogP contribution >= 0.6 is 0 Å². The van der Waals surface area contributed by atoms with Gasteiger partial charge in [0.2, 0.25) is 0 Å². The lowest BCUT2D eigenvalue weighted by molar-refractivity contribution is 0.149. The summed E-state index contributed by atoms with van der Waals surface area (Å²) >= 11 is 0. The van der Waals surface area contributed by atoms with E-state index in [9.17, 15) is 4.79 Å². The molecule has 1 amide bonds. The van der Waals surface area contributed by atoms with E-state index in [1.165, 1.54) is 7.11 Å². The number of rotatable bonds is 3. The van der Waals surface area contributed by atoms with Crippen LogP contribution in [0, 0.1) is 5.92 Å². The van der Waals surface area contributed by atoms with Crippen LogP contribution in [0.2, 0.25) is 0 Å². The van der Waals surface area contributed by atoms with Crippen molar-refractivity contribution in [3.8, 4) is 0 Å². The van der Waals surface area contributed by atoms with Gasteiger partial charge >= 0.3 is 6.09 Å². The molecule has 0 aliphatic heterocycles. The maximum atomic E-state index is 10.6. The lowest BCUT2D eigenvalue weighted by Crippen LogP contribution is -2.40. The van der Waals surface area contributed by atoms with Crippen LogP contribution in [-0.4, -0.2) is 31.0 Å². The molecule has 1 unspecified atom stereocenters. The van der Waals surface area contributed by atoms with E-state index < -0.39 is 6.09 Å². The molecule has 66 valence electrons. The Hall–Kier alpha value is -0.770. The first-order chi connectivity index (χ1) is 5.11. The highest BCUT2D eigenvalue weighted by Crippen LogP contribution is 1.99. The summed E-state index contributed by atoms with van der Waals surface area (Å²) in [5.41, 5.74) is 0. The Bertz CT molecular complexity index is 125. The van der Waals surface area contributed by atoms with E-state index in [0.717, 1.165) is 0 Å². The molecule has 0 aliphatic rings. The zero-order chi connectivity index (χ0) is 8.85. The molecule has 0 aromatic heterocycles. The zero-order valence-corrected chi connectivity index (χ0v) is 7.13. The van der Waals surface area contributed by atoms with Crippen molar-refractivity contribution in [2.24, 2.45) is 5.92 Å². The second-order valence-corrected chi connectivity index (χ2v) is 2.67. The Kier molecular flexibility index (Phi) is 4.61. The van der Waals surface area contributed by atoms with Crippen LogP contribution in [0.4, 0.5) is 4.79 Å². The van der Waals surface area contributed by atoms with Crippen molar-refractivity contribution in [2.45, 2.75) is 19.9 Å². The Balaban J connectivity index is 3.78. The van der Waals surface area contributed by atoms with Gasteiger partial charge in [0.25, 0.3) is 0 Å². The Morgan fingerprint density at radius 2 is 2.18 bits per heavy atom. The summed E-state index contributed by atoms with van der Waals surface area (Å²) in [5.74, 6) is 0.207. The van der Waals surface area contributed by atoms with E-state index in [1.807, 2.05) is 13.8 Å². The first-order valence-corrected chi connectivity index (χ1v) is 3.57. The molecule has 4 nitrogen and oxygen atoms in total. The molecule has 0 heterocycles. The Morgan fingerprint density at radius 3 is 2.45 bits per heavy atom. The number of methoxy groups -OCH3 is 1. The molecule has 11 heavy (non-hydrogen) atoms. The number of hydrogen-bond acceptors (Lipinski definition) is 3. The van der Waals surface area contributed by atoms with E-state index in [2.05, 4.69) is 10.1 Å². The predicted molar refractivity (Wildman–Crippen MR) is 41.3 cm³/mol. The van der Waals surface area contributed by atoms with Crippen molar-refractivity contribution >= 4 is 6.09 Å². The standard InChI is InChI=1S/C7H15NO3/c1-5(2)6(4-9)8-7(10)11-3/h5-6,9H,4H2,1-3H3,(H,8,10). The van der Waals surface area contributed by atoms with Crippen LogP contribution < -0.4 is 5.32 Å². The summed E-state index contributed by atoms with van der Waals surface area (Å²) < 4.78 is 4.37. The van der Waals surface area contributed by atoms with Gasteiger partial charge in [0, 0.05) is 0 Å². The van der Waals surface area contributed by atoms with Crippen molar-refractivity contribution in [3.05, 3.63) is 0 Å². The fraction of sp³-hybridized carbons (Fsp3) is 0.857. The quantitative estimate of drug-likeness (QED) is 0.628. The number of alkyl carbamates (subject to hydrolysis) is 1. The summed E-state index contributed by atoms with van der Waals surface area (Å²) in [7, 11) is 1.30. The van der Waals surface area contributed by atoms with Gasteiger partial charge < -0.3 is 15.2 Å². The van der Waals surface area contributed by atoms with Gasteiger partial charge in [-0.3, -0.25) is 0 Å². The second kappa shape index (κ2) is 4.96. The van der Waals surface area contributed by atoms with Gasteiger partial charge in [-0.15, -0.1) is 0 Å². The number of nitrogens with one attached hydrogen (secondary N) is 1. The van der Waals surface area contributed by atoms with E-state index in [-0.39, 0.29) is 18.6 Å². The lowest BCUT2D eigenvalue weighted by atomic mass is 10.1. The summed E-state index contributed by atoms with van der Waals surface area (Å²) in [6.45, 7) is 3.76. The number of hydrogen-bond donors (Lipinski definition) is 2. The van der Waals surface area contributed by atoms with Gasteiger partial charge in [0.15, 0.2) is 0 Å². The van der Waals surface area contributed by atoms with Gasteiger partial charge in [-0.05, 0) is 5.92 Å². The Morgan fingerprint density at radius 1 is 1.64 bits per heavy atom. The smallest absolute Gasteiger partial charge is 0.407 e. The highest BCUT2D eigenvalue weighted by Gasteiger charge is 2.14. The molecule has 0 saturated carbocycles. The van der Waals surface area contributed by atoms with E-state index in [1.54, 1.807) is 0 Å². The molecule has 0 aromatic carbocycles. The van der Waals surface area contributed by atoms with Crippen LogP contribution in [0.25, 0.3) is 0 Å². The molecular formula is C7H15NO3. The molecular weight excluding hydrogens is 146 g/mol. The maximum Gasteiger partial charge on any atom is 0.407 e. The maximum absolute atomic E-state index is 10.6. The average molecular weight is 161 g/mol. The van der Waals surface area contributed by atoms with Crippen LogP contribution in [0.15, 0.2) is 0 Å². The first kappa shape index (κ1) is 10.2. The van der Waals surface area contributed by atoms with Gasteiger partial charge in [-0.2, -0.15) is 0 Å². The highest BCUT2D eigenvalue weighted by molar-refractivity contribution is 5.67. The highest BCUT2D eigenvalue weighted by atomic mass is 16.5. The van der Waals surface area contributed by atoms with Gasteiger partial charge in [-0.25, -0.2) is 4.79 Å². The molecule has 0 bridgehead atoms. The number of amides is 1. The first-order valence-electron chi connectivity index (χ1n) is 3.57. The monoisotopic (exact) mass is 161 g/mol. The van der Waals surface area contributed by atoms with Crippen molar-refractivity contribution in [2.75, 3.05) is 13.7 Å². The molecule has 0 radical (unpaired) electrons. The minimum Gasteiger partial charge on any atom is -0.453 e. The van der Waals surface area contributed by atoms with Crippen LogP contribution in [0.5, 0.6) is 0 Å². The van der Waals surface area contributed by atoms with Crippen molar-refractivity contribution < 1.29 is 14.6 Å². The average Bonchev–Trinajstić information content (AvgIpc) is 1.99. The van der Waals surface area contributed by atoms with Gasteiger partial charge in [-0.1, -0.05) is 13.8 Å². The third-order valence-electron chi connectivity index (χ3n) is 1.49. The third kappa shape index (κ3) is 3.83. The number of aliphatic hydroxyl groups is 1. The summed E-state index contributed by atoms with van der Waals surface area (Å²) in [5, 5.41) is 11.3. The molecule has 0 fully saturated rings. The van der Waals surface area contributed by atoms with Crippen molar-refractivity contribution in [1.82, 2.24) is 5.32 Å². The molecule has 0 saturated heterocycles. The molecule has 0 aromatic rings. The molecule has 0 rings (SSSR count). The largest absolute Gasteiger partial charge is 0.453 e. The van der Waals surface area contributed by atoms with Crippen LogP contribution in [-0.2, 0) is 4.74 Å². The van der Waals surface area contributed by atoms with Crippen molar-refractivity contribution in [1.29, 1.82) is 0 Å². The van der Waals surface area contributed by atoms with Crippen LogP contribution in [0.1, 0.15) is 13.8 Å². The van der Waals surface area contributed by atoms with E-state index >= 15 is 0 Å². The summed E-state index contributed by atoms with van der Waals surface area (Å²) in [6.07, 6.45) is -0.502. The van der Waals surface area contributed by atoms with Gasteiger partial charge in [0.05, 0.1) is 19.8 Å². The normalized spacial score (nSPS) is 12.8. The lowest BCUT2D eigenvalue weighted by Gasteiger charge is -2.18. The molecule has 1 atom stereocenters. The predicted octanol–water partition coefficient (Wildman–Crippen LogP) is 0.359. The van der Waals surface area contributed by atoms with E-state index in [0.29, 0.717) is 0 Å². The van der Waals surface area contributed by atoms with Crippen LogP contribution in [0.3, 0.4) is 0 Å². The molecule has 0 aliphatic carbocycles. The topological polar surface area (TPSA) is 58.6 Å². The SMILES string of the molecule is COC(=O)NC(CO)C(C)C. The minimum absolute atomic E-state index is 0.0627. The molecule has 2 N–H and O–H groups in total. The number of carbonyl (C=O) groups excluding carboxylic acids is 1. The molecule has 0 spiro atoms. The Labute approximate surface area is 66.5 Å². The summed E-state index contributed by atoms with van der Waals surface area (Å²) in [6, 6.07) is -0.220. The zero-order valence-electron chi connectivity index (χ0n) is 7.13. The fourth-order valence-electron chi connectivity index (χ4n) is 0.633. The summed E-state index contributed by atoms with van der Waals surface area (Å²) in [4.78, 5) is 10.6. The van der Waals surface area contributed by atoms with Crippen molar-refractivity contribution in [3.63, 3.8) is 0 Å². The number of ether oxygens (including phenoxy) is 1. The molecule has 4 heteroatoms.